The molecule has 1 radical (unpaired) electrons. The smallest absolute Gasteiger partial charge is 0.303 e. The van der Waals surface area contributed by atoms with Crippen LogP contribution in [0.15, 0.2) is 0 Å². The first-order valence-electron chi connectivity index (χ1n) is 3.10. The van der Waals surface area contributed by atoms with Crippen LogP contribution >= 0.6 is 12.6 Å². The Kier molecular flexibility index (Phi) is 13.2. The summed E-state index contributed by atoms with van der Waals surface area (Å²) in [7, 11) is 0. The Morgan fingerprint density at radius 1 is 1.30 bits per heavy atom. The van der Waals surface area contributed by atoms with E-state index in [0.29, 0.717) is 6.42 Å². The number of carboxylic acids is 1. The minimum Gasteiger partial charge on any atom is -0.481 e. The Bertz CT molecular complexity index is 87.8. The number of aliphatic carboxylic acids is 1. The molecule has 0 fully saturated rings. The third kappa shape index (κ3) is 11.6. The summed E-state index contributed by atoms with van der Waals surface area (Å²) in [6, 6.07) is 0. The van der Waals surface area contributed by atoms with Crippen molar-refractivity contribution in [2.75, 3.05) is 5.75 Å². The van der Waals surface area contributed by atoms with Crippen LogP contribution in [0.1, 0.15) is 25.7 Å². The summed E-state index contributed by atoms with van der Waals surface area (Å²) in [5.41, 5.74) is 0. The van der Waals surface area contributed by atoms with Gasteiger partial charge >= 0.3 is 5.97 Å². The molecule has 10 heavy (non-hydrogen) atoms. The quantitative estimate of drug-likeness (QED) is 0.370. The van der Waals surface area contributed by atoms with Gasteiger partial charge in [-0.1, -0.05) is 6.42 Å². The summed E-state index contributed by atoms with van der Waals surface area (Å²) in [6.07, 6.45) is 3.09. The van der Waals surface area contributed by atoms with Crippen LogP contribution in [-0.2, 0) is 4.79 Å². The van der Waals surface area contributed by atoms with Crippen molar-refractivity contribution in [2.24, 2.45) is 0 Å². The second-order valence-corrected chi connectivity index (χ2v) is 2.38. The van der Waals surface area contributed by atoms with E-state index in [9.17, 15) is 4.79 Å². The fraction of sp³-hybridized carbons (Fsp3) is 0.833. The van der Waals surface area contributed by atoms with Crippen LogP contribution in [-0.4, -0.2) is 46.4 Å². The molecule has 0 bridgehead atoms. The summed E-state index contributed by atoms with van der Waals surface area (Å²) in [5.74, 6) is 0.161. The molecule has 0 saturated carbocycles. The van der Waals surface area contributed by atoms with Crippen LogP contribution in [0.3, 0.4) is 0 Å². The Balaban J connectivity index is 0. The van der Waals surface area contributed by atoms with Crippen molar-refractivity contribution in [3.8, 4) is 0 Å². The molecular weight excluding hydrogens is 159 g/mol. The molecule has 0 unspecified atom stereocenters. The third-order valence-electron chi connectivity index (χ3n) is 1.05. The van der Waals surface area contributed by atoms with Crippen LogP contribution < -0.4 is 0 Å². The van der Waals surface area contributed by atoms with Crippen molar-refractivity contribution in [1.29, 1.82) is 0 Å². The number of hydrogen-bond donors (Lipinski definition) is 2. The summed E-state index contributed by atoms with van der Waals surface area (Å²) in [4.78, 5) is 9.94. The van der Waals surface area contributed by atoms with Crippen LogP contribution in [0, 0.1) is 0 Å². The topological polar surface area (TPSA) is 37.3 Å². The van der Waals surface area contributed by atoms with Gasteiger partial charge < -0.3 is 5.11 Å². The van der Waals surface area contributed by atoms with Crippen LogP contribution in [0.4, 0.5) is 0 Å². The standard InChI is InChI=1S/C6H12O2S.Na/c7-6(8)4-2-1-3-5-9;/h9H,1-5H2,(H,7,8);. The second kappa shape index (κ2) is 9.82. The molecule has 0 aliphatic rings. The van der Waals surface area contributed by atoms with Gasteiger partial charge in [-0.25, -0.2) is 0 Å². The van der Waals surface area contributed by atoms with Crippen LogP contribution in [0.25, 0.3) is 0 Å². The minimum atomic E-state index is -0.700. The number of rotatable bonds is 5. The Morgan fingerprint density at radius 3 is 2.30 bits per heavy atom. The maximum atomic E-state index is 9.94. The normalized spacial score (nSPS) is 8.50. The molecule has 0 spiro atoms. The summed E-state index contributed by atoms with van der Waals surface area (Å²) in [5, 5.41) is 8.19. The second-order valence-electron chi connectivity index (χ2n) is 1.93. The summed E-state index contributed by atoms with van der Waals surface area (Å²) >= 11 is 4.00. The zero-order valence-corrected chi connectivity index (χ0v) is 9.23. The van der Waals surface area contributed by atoms with Gasteiger partial charge in [-0.15, -0.1) is 0 Å². The fourth-order valence-corrected chi connectivity index (χ4v) is 0.788. The van der Waals surface area contributed by atoms with Crippen molar-refractivity contribution in [3.63, 3.8) is 0 Å². The van der Waals surface area contributed by atoms with Crippen molar-refractivity contribution in [2.45, 2.75) is 25.7 Å². The van der Waals surface area contributed by atoms with Gasteiger partial charge in [0.2, 0.25) is 0 Å². The Labute approximate surface area is 89.1 Å². The molecule has 4 heteroatoms. The molecule has 0 aliphatic carbocycles. The molecule has 0 saturated heterocycles. The van der Waals surface area contributed by atoms with Gasteiger partial charge in [0.15, 0.2) is 0 Å². The number of hydrogen-bond acceptors (Lipinski definition) is 2. The molecule has 0 aromatic heterocycles. The summed E-state index contributed by atoms with van der Waals surface area (Å²) in [6.45, 7) is 0. The van der Waals surface area contributed by atoms with Gasteiger partial charge in [0, 0.05) is 36.0 Å². The number of thiol groups is 1. The van der Waals surface area contributed by atoms with Crippen molar-refractivity contribution < 1.29 is 9.90 Å². The molecule has 55 valence electrons. The van der Waals surface area contributed by atoms with Crippen LogP contribution in [0.5, 0.6) is 0 Å². The van der Waals surface area contributed by atoms with Crippen molar-refractivity contribution in [3.05, 3.63) is 0 Å². The zero-order valence-electron chi connectivity index (χ0n) is 6.34. The van der Waals surface area contributed by atoms with Gasteiger partial charge in [-0.3, -0.25) is 4.79 Å². The maximum Gasteiger partial charge on any atom is 0.303 e. The van der Waals surface area contributed by atoms with Crippen molar-refractivity contribution >= 4 is 48.2 Å². The van der Waals surface area contributed by atoms with E-state index in [1.54, 1.807) is 0 Å². The molecule has 0 atom stereocenters. The van der Waals surface area contributed by atoms with E-state index >= 15 is 0 Å². The van der Waals surface area contributed by atoms with E-state index in [1.807, 2.05) is 0 Å². The molecule has 0 aromatic rings. The SMILES string of the molecule is O=C(O)CCCCCS.[Na]. The number of carboxylic acid groups (broad SMARTS) is 1. The first kappa shape index (κ1) is 13.4. The minimum absolute atomic E-state index is 0. The van der Waals surface area contributed by atoms with E-state index in [1.165, 1.54) is 0 Å². The van der Waals surface area contributed by atoms with Gasteiger partial charge in [0.1, 0.15) is 0 Å². The van der Waals surface area contributed by atoms with E-state index in [-0.39, 0.29) is 29.6 Å². The molecule has 1 N–H and O–H groups in total. The predicted molar refractivity (Wildman–Crippen MR) is 45.7 cm³/mol. The van der Waals surface area contributed by atoms with Gasteiger partial charge in [0.05, 0.1) is 0 Å². The largest absolute Gasteiger partial charge is 0.481 e. The third-order valence-corrected chi connectivity index (χ3v) is 1.36. The van der Waals surface area contributed by atoms with E-state index < -0.39 is 5.97 Å². The number of unbranched alkanes of at least 4 members (excludes halogenated alkanes) is 2. The molecule has 0 rings (SSSR count). The molecular formula is C6H12NaO2S. The van der Waals surface area contributed by atoms with Gasteiger partial charge in [-0.2, -0.15) is 12.6 Å². The molecule has 0 amide bonds. The van der Waals surface area contributed by atoms with Gasteiger partial charge in [-0.05, 0) is 18.6 Å². The first-order valence-corrected chi connectivity index (χ1v) is 3.73. The average Bonchev–Trinajstić information content (AvgIpc) is 1.80. The van der Waals surface area contributed by atoms with Crippen LogP contribution in [0.2, 0.25) is 0 Å². The maximum absolute atomic E-state index is 9.94. The van der Waals surface area contributed by atoms with Gasteiger partial charge in [0.25, 0.3) is 0 Å². The monoisotopic (exact) mass is 171 g/mol. The molecule has 0 aliphatic heterocycles. The number of carbonyl (C=O) groups is 1. The summed E-state index contributed by atoms with van der Waals surface area (Å²) < 4.78 is 0. The Morgan fingerprint density at radius 2 is 1.90 bits per heavy atom. The molecule has 0 heterocycles. The first-order chi connectivity index (χ1) is 4.27. The average molecular weight is 171 g/mol. The van der Waals surface area contributed by atoms with E-state index in [4.69, 9.17) is 5.11 Å². The van der Waals surface area contributed by atoms with E-state index in [2.05, 4.69) is 12.6 Å². The molecule has 2 nitrogen and oxygen atoms in total. The Hall–Kier alpha value is 0.820. The van der Waals surface area contributed by atoms with E-state index in [0.717, 1.165) is 25.0 Å². The molecule has 0 aromatic carbocycles. The van der Waals surface area contributed by atoms with Crippen molar-refractivity contribution in [1.82, 2.24) is 0 Å². The zero-order chi connectivity index (χ0) is 7.11. The fourth-order valence-electron chi connectivity index (χ4n) is 0.565. The predicted octanol–water partition coefficient (Wildman–Crippen LogP) is 1.18.